The molecule has 0 spiro atoms. The molecule has 0 saturated carbocycles. The number of halogens is 1. The van der Waals surface area contributed by atoms with Crippen LogP contribution in [0.3, 0.4) is 0 Å². The lowest BCUT2D eigenvalue weighted by atomic mass is 10.1. The molecule has 1 saturated heterocycles. The number of aliphatic hydroxyl groups is 1. The molecule has 0 unspecified atom stereocenters. The van der Waals surface area contributed by atoms with Crippen LogP contribution >= 0.6 is 15.9 Å². The van der Waals surface area contributed by atoms with Crippen LogP contribution in [0.5, 0.6) is 5.75 Å². The second-order valence-electron chi connectivity index (χ2n) is 3.95. The quantitative estimate of drug-likeness (QED) is 0.883. The molecule has 5 nitrogen and oxygen atoms in total. The summed E-state index contributed by atoms with van der Waals surface area (Å²) in [4.78, 5) is 0. The lowest BCUT2D eigenvalue weighted by Gasteiger charge is -2.27. The van der Waals surface area contributed by atoms with Gasteiger partial charge in [0.25, 0.3) is 0 Å². The SMILES string of the molecule is Cc1cc(C2(OCCO)OCCO2)cc(Br)c1O. The van der Waals surface area contributed by atoms with Crippen LogP contribution in [-0.4, -0.2) is 36.6 Å². The van der Waals surface area contributed by atoms with E-state index in [1.165, 1.54) is 0 Å². The van der Waals surface area contributed by atoms with Gasteiger partial charge in [0.05, 0.1) is 30.9 Å². The molecule has 0 aliphatic carbocycles. The Morgan fingerprint density at radius 3 is 2.61 bits per heavy atom. The summed E-state index contributed by atoms with van der Waals surface area (Å²) in [6, 6.07) is 3.42. The van der Waals surface area contributed by atoms with Gasteiger partial charge in [-0.3, -0.25) is 0 Å². The van der Waals surface area contributed by atoms with E-state index >= 15 is 0 Å². The fraction of sp³-hybridized carbons (Fsp3) is 0.500. The van der Waals surface area contributed by atoms with Gasteiger partial charge in [-0.1, -0.05) is 0 Å². The zero-order valence-corrected chi connectivity index (χ0v) is 11.6. The van der Waals surface area contributed by atoms with E-state index in [9.17, 15) is 5.11 Å². The molecule has 1 aliphatic heterocycles. The third-order valence-corrected chi connectivity index (χ3v) is 3.26. The van der Waals surface area contributed by atoms with Crippen LogP contribution in [0, 0.1) is 6.92 Å². The molecule has 100 valence electrons. The third kappa shape index (κ3) is 2.53. The van der Waals surface area contributed by atoms with Gasteiger partial charge in [0, 0.05) is 5.56 Å². The summed E-state index contributed by atoms with van der Waals surface area (Å²) in [5.74, 6) is -1.11. The number of phenolic OH excluding ortho intramolecular Hbond substituents is 1. The molecule has 1 heterocycles. The molecule has 2 rings (SSSR count). The molecule has 1 aromatic carbocycles. The molecule has 0 atom stereocenters. The fourth-order valence-corrected chi connectivity index (χ4v) is 2.38. The van der Waals surface area contributed by atoms with E-state index in [4.69, 9.17) is 19.3 Å². The van der Waals surface area contributed by atoms with Crippen molar-refractivity contribution in [2.24, 2.45) is 0 Å². The highest BCUT2D eigenvalue weighted by Crippen LogP contribution is 2.38. The molecule has 0 bridgehead atoms. The first-order valence-corrected chi connectivity index (χ1v) is 6.40. The van der Waals surface area contributed by atoms with Gasteiger partial charge < -0.3 is 24.4 Å². The molecular formula is C12H15BrO5. The van der Waals surface area contributed by atoms with E-state index in [1.54, 1.807) is 19.1 Å². The lowest BCUT2D eigenvalue weighted by Crippen LogP contribution is -2.32. The maximum atomic E-state index is 9.72. The number of phenols is 1. The first kappa shape index (κ1) is 13.8. The first-order chi connectivity index (χ1) is 8.59. The summed E-state index contributed by atoms with van der Waals surface area (Å²) >= 11 is 3.27. The number of aromatic hydroxyl groups is 1. The zero-order valence-electron chi connectivity index (χ0n) is 9.98. The standard InChI is InChI=1S/C12H15BrO5/c1-8-6-9(7-10(13)11(8)15)12(16-3-2-14)17-4-5-18-12/h6-7,14-15H,2-5H2,1H3. The van der Waals surface area contributed by atoms with Crippen molar-refractivity contribution in [3.63, 3.8) is 0 Å². The number of aryl methyl sites for hydroxylation is 1. The molecule has 6 heteroatoms. The highest BCUT2D eigenvalue weighted by Gasteiger charge is 2.40. The second kappa shape index (κ2) is 5.54. The smallest absolute Gasteiger partial charge is 0.312 e. The summed E-state index contributed by atoms with van der Waals surface area (Å²) in [6.45, 7) is 2.61. The van der Waals surface area contributed by atoms with Crippen LogP contribution in [0.15, 0.2) is 16.6 Å². The Morgan fingerprint density at radius 2 is 2.06 bits per heavy atom. The van der Waals surface area contributed by atoms with Crippen LogP contribution in [-0.2, 0) is 20.2 Å². The Kier molecular flexibility index (Phi) is 4.24. The minimum absolute atomic E-state index is 0.109. The van der Waals surface area contributed by atoms with Gasteiger partial charge in [-0.15, -0.1) is 0 Å². The largest absolute Gasteiger partial charge is 0.506 e. The molecule has 2 N–H and O–H groups in total. The third-order valence-electron chi connectivity index (χ3n) is 2.66. The van der Waals surface area contributed by atoms with Crippen molar-refractivity contribution >= 4 is 15.9 Å². The second-order valence-corrected chi connectivity index (χ2v) is 4.80. The Morgan fingerprint density at radius 1 is 1.39 bits per heavy atom. The van der Waals surface area contributed by atoms with Crippen molar-refractivity contribution in [2.75, 3.05) is 26.4 Å². The van der Waals surface area contributed by atoms with Crippen molar-refractivity contribution in [1.82, 2.24) is 0 Å². The normalized spacial score (nSPS) is 18.2. The summed E-state index contributed by atoms with van der Waals surface area (Å²) in [5.41, 5.74) is 1.33. The van der Waals surface area contributed by atoms with E-state index in [0.717, 1.165) is 0 Å². The van der Waals surface area contributed by atoms with E-state index in [1.807, 2.05) is 0 Å². The molecule has 18 heavy (non-hydrogen) atoms. The van der Waals surface area contributed by atoms with Crippen molar-refractivity contribution in [2.45, 2.75) is 12.9 Å². The van der Waals surface area contributed by atoms with Crippen molar-refractivity contribution < 1.29 is 24.4 Å². The van der Waals surface area contributed by atoms with Gasteiger partial charge in [-0.2, -0.15) is 0 Å². The van der Waals surface area contributed by atoms with Crippen molar-refractivity contribution in [3.8, 4) is 5.75 Å². The predicted molar refractivity (Wildman–Crippen MR) is 67.2 cm³/mol. The Balaban J connectivity index is 2.36. The maximum Gasteiger partial charge on any atom is 0.312 e. The van der Waals surface area contributed by atoms with E-state index in [-0.39, 0.29) is 19.0 Å². The van der Waals surface area contributed by atoms with Gasteiger partial charge in [0.1, 0.15) is 5.75 Å². The van der Waals surface area contributed by atoms with Gasteiger partial charge >= 0.3 is 5.97 Å². The summed E-state index contributed by atoms with van der Waals surface area (Å²) in [5, 5.41) is 18.6. The number of rotatable bonds is 4. The molecule has 0 amide bonds. The predicted octanol–water partition coefficient (Wildman–Crippen LogP) is 1.63. The minimum Gasteiger partial charge on any atom is -0.506 e. The summed E-state index contributed by atoms with van der Waals surface area (Å²) in [6.07, 6.45) is 0. The van der Waals surface area contributed by atoms with E-state index in [0.29, 0.717) is 28.8 Å². The number of hydrogen-bond donors (Lipinski definition) is 2. The lowest BCUT2D eigenvalue weighted by molar-refractivity contribution is -0.345. The molecular weight excluding hydrogens is 304 g/mol. The Bertz CT molecular complexity index is 405. The highest BCUT2D eigenvalue weighted by atomic mass is 79.9. The van der Waals surface area contributed by atoms with Gasteiger partial charge in [-0.25, -0.2) is 0 Å². The van der Waals surface area contributed by atoms with Crippen molar-refractivity contribution in [3.05, 3.63) is 27.7 Å². The molecule has 1 aromatic rings. The molecule has 1 aliphatic rings. The molecule has 1 fully saturated rings. The summed E-state index contributed by atoms with van der Waals surface area (Å²) < 4.78 is 17.1. The average molecular weight is 319 g/mol. The van der Waals surface area contributed by atoms with Crippen LogP contribution in [0.4, 0.5) is 0 Å². The van der Waals surface area contributed by atoms with Gasteiger partial charge in [0.2, 0.25) is 0 Å². The van der Waals surface area contributed by atoms with Crippen LogP contribution < -0.4 is 0 Å². The van der Waals surface area contributed by atoms with E-state index in [2.05, 4.69) is 15.9 Å². The monoisotopic (exact) mass is 318 g/mol. The van der Waals surface area contributed by atoms with Crippen LogP contribution in [0.2, 0.25) is 0 Å². The topological polar surface area (TPSA) is 68.2 Å². The number of benzene rings is 1. The molecule has 0 aromatic heterocycles. The van der Waals surface area contributed by atoms with Gasteiger partial charge in [-0.05, 0) is 40.5 Å². The number of aliphatic hydroxyl groups excluding tert-OH is 1. The Labute approximate surface area is 113 Å². The first-order valence-electron chi connectivity index (χ1n) is 5.61. The zero-order chi connectivity index (χ0) is 13.2. The minimum atomic E-state index is -1.29. The van der Waals surface area contributed by atoms with Crippen LogP contribution in [0.1, 0.15) is 11.1 Å². The Hall–Kier alpha value is -0.660. The van der Waals surface area contributed by atoms with Gasteiger partial charge in [0.15, 0.2) is 0 Å². The average Bonchev–Trinajstić information content (AvgIpc) is 2.83. The highest BCUT2D eigenvalue weighted by molar-refractivity contribution is 9.10. The number of ether oxygens (including phenoxy) is 3. The fourth-order valence-electron chi connectivity index (χ4n) is 1.82. The van der Waals surface area contributed by atoms with Crippen LogP contribution in [0.25, 0.3) is 0 Å². The summed E-state index contributed by atoms with van der Waals surface area (Å²) in [7, 11) is 0. The number of hydrogen-bond acceptors (Lipinski definition) is 5. The molecule has 0 radical (unpaired) electrons. The van der Waals surface area contributed by atoms with Crippen molar-refractivity contribution in [1.29, 1.82) is 0 Å². The van der Waals surface area contributed by atoms with E-state index < -0.39 is 5.97 Å². The maximum absolute atomic E-state index is 9.72.